The van der Waals surface area contributed by atoms with Crippen LogP contribution in [0, 0.1) is 5.41 Å². The third-order valence-corrected chi connectivity index (χ3v) is 1.98. The van der Waals surface area contributed by atoms with Gasteiger partial charge in [-0.1, -0.05) is 20.8 Å². The summed E-state index contributed by atoms with van der Waals surface area (Å²) in [4.78, 5) is 26.3. The summed E-state index contributed by atoms with van der Waals surface area (Å²) in [5.41, 5.74) is -0.0561. The first-order chi connectivity index (χ1) is 7.79. The lowest BCUT2D eigenvalue weighted by Gasteiger charge is -2.17. The van der Waals surface area contributed by atoms with Crippen LogP contribution in [0.2, 0.25) is 0 Å². The molecule has 1 aromatic heterocycles. The lowest BCUT2D eigenvalue weighted by atomic mass is 9.92. The van der Waals surface area contributed by atoms with E-state index in [1.165, 1.54) is 12.3 Å². The van der Waals surface area contributed by atoms with Crippen LogP contribution < -0.4 is 5.32 Å². The molecule has 2 N–H and O–H groups in total. The Balaban J connectivity index is 2.82. The molecule has 0 bridgehead atoms. The summed E-state index contributed by atoms with van der Waals surface area (Å²) in [6.45, 7) is 5.82. The van der Waals surface area contributed by atoms with Crippen molar-refractivity contribution in [2.24, 2.45) is 5.41 Å². The van der Waals surface area contributed by atoms with Gasteiger partial charge in [0.15, 0.2) is 5.69 Å². The van der Waals surface area contributed by atoms with Crippen LogP contribution in [-0.2, 0) is 4.79 Å². The summed E-state index contributed by atoms with van der Waals surface area (Å²) >= 11 is 0. The van der Waals surface area contributed by atoms with Crippen LogP contribution in [0.1, 0.15) is 37.7 Å². The molecule has 1 rings (SSSR count). The molecule has 1 amide bonds. The van der Waals surface area contributed by atoms with E-state index < -0.39 is 5.97 Å². The van der Waals surface area contributed by atoms with Crippen LogP contribution in [-0.4, -0.2) is 22.0 Å². The molecule has 5 nitrogen and oxygen atoms in total. The number of anilines is 1. The number of aromatic carboxylic acids is 1. The lowest BCUT2D eigenvalue weighted by Crippen LogP contribution is -2.21. The van der Waals surface area contributed by atoms with E-state index in [1.807, 2.05) is 20.8 Å². The molecule has 17 heavy (non-hydrogen) atoms. The highest BCUT2D eigenvalue weighted by Gasteiger charge is 2.18. The molecule has 0 radical (unpaired) electrons. The number of carbonyl (C=O) groups excluding carboxylic acids is 1. The van der Waals surface area contributed by atoms with Crippen molar-refractivity contribution in [3.63, 3.8) is 0 Å². The van der Waals surface area contributed by atoms with Gasteiger partial charge in [0.2, 0.25) is 5.91 Å². The number of rotatable bonds is 3. The number of carbonyl (C=O) groups is 2. The van der Waals surface area contributed by atoms with Gasteiger partial charge in [0, 0.05) is 12.6 Å². The van der Waals surface area contributed by atoms with Gasteiger partial charge in [-0.25, -0.2) is 9.78 Å². The first kappa shape index (κ1) is 13.2. The van der Waals surface area contributed by atoms with E-state index in [-0.39, 0.29) is 22.7 Å². The fourth-order valence-electron chi connectivity index (χ4n) is 1.35. The van der Waals surface area contributed by atoms with Gasteiger partial charge in [-0.2, -0.15) is 0 Å². The summed E-state index contributed by atoms with van der Waals surface area (Å²) in [6, 6.07) is 3.11. The highest BCUT2D eigenvalue weighted by molar-refractivity contribution is 5.99. The number of nitrogens with one attached hydrogen (secondary N) is 1. The normalized spacial score (nSPS) is 11.0. The van der Waals surface area contributed by atoms with Crippen LogP contribution in [0.3, 0.4) is 0 Å². The maximum absolute atomic E-state index is 11.7. The number of carboxylic acid groups (broad SMARTS) is 1. The lowest BCUT2D eigenvalue weighted by molar-refractivity contribution is -0.117. The number of carboxylic acids is 1. The Bertz CT molecular complexity index is 436. The Labute approximate surface area is 99.9 Å². The quantitative estimate of drug-likeness (QED) is 0.842. The minimum atomic E-state index is -1.16. The van der Waals surface area contributed by atoms with Crippen LogP contribution >= 0.6 is 0 Å². The monoisotopic (exact) mass is 236 g/mol. The minimum absolute atomic E-state index is 0.143. The zero-order valence-corrected chi connectivity index (χ0v) is 10.2. The van der Waals surface area contributed by atoms with Gasteiger partial charge < -0.3 is 10.4 Å². The molecule has 0 saturated carbocycles. The molecule has 0 spiro atoms. The first-order valence-electron chi connectivity index (χ1n) is 5.28. The summed E-state index contributed by atoms with van der Waals surface area (Å²) in [6.07, 6.45) is 1.70. The van der Waals surface area contributed by atoms with Gasteiger partial charge in [0.1, 0.15) is 0 Å². The van der Waals surface area contributed by atoms with Crippen LogP contribution in [0.25, 0.3) is 0 Å². The molecule has 92 valence electrons. The highest BCUT2D eigenvalue weighted by atomic mass is 16.4. The van der Waals surface area contributed by atoms with Crippen LogP contribution in [0.4, 0.5) is 5.69 Å². The maximum Gasteiger partial charge on any atom is 0.356 e. The van der Waals surface area contributed by atoms with Gasteiger partial charge in [0.05, 0.1) is 5.69 Å². The smallest absolute Gasteiger partial charge is 0.356 e. The zero-order valence-electron chi connectivity index (χ0n) is 10.2. The second-order valence-corrected chi connectivity index (χ2v) is 4.99. The third-order valence-electron chi connectivity index (χ3n) is 1.98. The van der Waals surface area contributed by atoms with Gasteiger partial charge in [0.25, 0.3) is 0 Å². The van der Waals surface area contributed by atoms with E-state index in [4.69, 9.17) is 5.11 Å². The Morgan fingerprint density at radius 1 is 1.41 bits per heavy atom. The molecular weight excluding hydrogens is 220 g/mol. The fourth-order valence-corrected chi connectivity index (χ4v) is 1.35. The van der Waals surface area contributed by atoms with Gasteiger partial charge in [-0.15, -0.1) is 0 Å². The molecule has 1 aromatic rings. The highest BCUT2D eigenvalue weighted by Crippen LogP contribution is 2.20. The second kappa shape index (κ2) is 4.95. The predicted molar refractivity (Wildman–Crippen MR) is 63.9 cm³/mol. The Morgan fingerprint density at radius 3 is 2.59 bits per heavy atom. The SMILES string of the molecule is CC(C)(C)CC(=O)Nc1cccnc1C(=O)O. The summed E-state index contributed by atoms with van der Waals surface area (Å²) in [7, 11) is 0. The van der Waals surface area contributed by atoms with Crippen molar-refractivity contribution in [1.82, 2.24) is 4.98 Å². The molecule has 0 aliphatic heterocycles. The van der Waals surface area contributed by atoms with Crippen molar-refractivity contribution in [2.75, 3.05) is 5.32 Å². The molecule has 0 aliphatic carbocycles. The molecule has 1 heterocycles. The van der Waals surface area contributed by atoms with Gasteiger partial charge in [-0.3, -0.25) is 4.79 Å². The molecule has 5 heteroatoms. The molecule has 0 unspecified atom stereocenters. The van der Waals surface area contributed by atoms with Crippen molar-refractivity contribution in [3.05, 3.63) is 24.0 Å². The number of hydrogen-bond acceptors (Lipinski definition) is 3. The van der Waals surface area contributed by atoms with Crippen molar-refractivity contribution >= 4 is 17.6 Å². The van der Waals surface area contributed by atoms with Gasteiger partial charge in [-0.05, 0) is 17.5 Å². The molecule has 0 atom stereocenters. The van der Waals surface area contributed by atoms with E-state index in [0.29, 0.717) is 6.42 Å². The Hall–Kier alpha value is -1.91. The average Bonchev–Trinajstić information content (AvgIpc) is 2.14. The van der Waals surface area contributed by atoms with Crippen molar-refractivity contribution < 1.29 is 14.7 Å². The fraction of sp³-hybridized carbons (Fsp3) is 0.417. The van der Waals surface area contributed by atoms with Crippen LogP contribution in [0.15, 0.2) is 18.3 Å². The summed E-state index contributed by atoms with van der Waals surface area (Å²) in [5.74, 6) is -1.37. The number of nitrogens with zero attached hydrogens (tertiary/aromatic N) is 1. The number of aromatic nitrogens is 1. The van der Waals surface area contributed by atoms with E-state index in [2.05, 4.69) is 10.3 Å². The topological polar surface area (TPSA) is 79.3 Å². The van der Waals surface area contributed by atoms with Crippen molar-refractivity contribution in [3.8, 4) is 0 Å². The van der Waals surface area contributed by atoms with Crippen molar-refractivity contribution in [1.29, 1.82) is 0 Å². The first-order valence-corrected chi connectivity index (χ1v) is 5.28. The number of hydrogen-bond donors (Lipinski definition) is 2. The Kier molecular flexibility index (Phi) is 3.83. The molecule has 0 fully saturated rings. The van der Waals surface area contributed by atoms with Crippen molar-refractivity contribution in [2.45, 2.75) is 27.2 Å². The molecule has 0 aliphatic rings. The number of pyridine rings is 1. The zero-order chi connectivity index (χ0) is 13.1. The standard InChI is InChI=1S/C12H16N2O3/c1-12(2,3)7-9(15)14-8-5-4-6-13-10(8)11(16)17/h4-6H,7H2,1-3H3,(H,14,15)(H,16,17). The predicted octanol–water partition coefficient (Wildman–Crippen LogP) is 2.15. The number of amides is 1. The summed E-state index contributed by atoms with van der Waals surface area (Å²) in [5, 5.41) is 11.5. The van der Waals surface area contributed by atoms with E-state index in [0.717, 1.165) is 0 Å². The maximum atomic E-state index is 11.7. The minimum Gasteiger partial charge on any atom is -0.476 e. The van der Waals surface area contributed by atoms with E-state index in [1.54, 1.807) is 6.07 Å². The summed E-state index contributed by atoms with van der Waals surface area (Å²) < 4.78 is 0. The molecule has 0 aromatic carbocycles. The molecule has 0 saturated heterocycles. The van der Waals surface area contributed by atoms with E-state index in [9.17, 15) is 9.59 Å². The Morgan fingerprint density at radius 2 is 2.06 bits per heavy atom. The van der Waals surface area contributed by atoms with Gasteiger partial charge >= 0.3 is 5.97 Å². The van der Waals surface area contributed by atoms with E-state index >= 15 is 0 Å². The molecular formula is C12H16N2O3. The largest absolute Gasteiger partial charge is 0.476 e. The van der Waals surface area contributed by atoms with Crippen LogP contribution in [0.5, 0.6) is 0 Å². The third kappa shape index (κ3) is 4.22. The second-order valence-electron chi connectivity index (χ2n) is 4.99. The average molecular weight is 236 g/mol.